The van der Waals surface area contributed by atoms with E-state index >= 15 is 0 Å². The number of carboxylic acids is 1. The smallest absolute Gasteiger partial charge is 0.416 e. The Morgan fingerprint density at radius 1 is 1.12 bits per heavy atom. The van der Waals surface area contributed by atoms with Crippen molar-refractivity contribution in [3.05, 3.63) is 69.2 Å². The Bertz CT molecular complexity index is 1130. The quantitative estimate of drug-likeness (QED) is 0.375. The predicted octanol–water partition coefficient (Wildman–Crippen LogP) is 6.37. The molecule has 0 spiro atoms. The van der Waals surface area contributed by atoms with Gasteiger partial charge in [0.2, 0.25) is 0 Å². The van der Waals surface area contributed by atoms with Crippen LogP contribution in [0.2, 0.25) is 0 Å². The summed E-state index contributed by atoms with van der Waals surface area (Å²) in [4.78, 5) is 16.8. The third-order valence-electron chi connectivity index (χ3n) is 5.42. The summed E-state index contributed by atoms with van der Waals surface area (Å²) in [5.41, 5.74) is 3.40. The number of benzene rings is 2. The molecule has 1 aromatic heterocycles. The first-order chi connectivity index (χ1) is 16.0. The SMILES string of the molecule is CCO[C@@H](Cc1c(C)cc(OCc2sc(-c3ccc(C(F)(F)F)cc3)nc2C)cc1C)C(=O)O. The maximum atomic E-state index is 12.8. The van der Waals surface area contributed by atoms with Crippen molar-refractivity contribution in [1.82, 2.24) is 4.98 Å². The van der Waals surface area contributed by atoms with E-state index in [-0.39, 0.29) is 13.0 Å². The molecule has 0 aliphatic heterocycles. The molecule has 5 nitrogen and oxygen atoms in total. The van der Waals surface area contributed by atoms with E-state index in [1.54, 1.807) is 6.92 Å². The van der Waals surface area contributed by atoms with Gasteiger partial charge in [-0.2, -0.15) is 13.2 Å². The number of rotatable bonds is 9. The number of aliphatic carboxylic acids is 1. The number of hydrogen-bond acceptors (Lipinski definition) is 5. The van der Waals surface area contributed by atoms with Crippen molar-refractivity contribution in [3.8, 4) is 16.3 Å². The highest BCUT2D eigenvalue weighted by Gasteiger charge is 2.30. The predicted molar refractivity (Wildman–Crippen MR) is 124 cm³/mol. The maximum Gasteiger partial charge on any atom is 0.416 e. The number of thiazole rings is 1. The van der Waals surface area contributed by atoms with Gasteiger partial charge in [-0.15, -0.1) is 11.3 Å². The lowest BCUT2D eigenvalue weighted by Gasteiger charge is -2.17. The molecule has 0 saturated carbocycles. The average molecular weight is 494 g/mol. The van der Waals surface area contributed by atoms with Gasteiger partial charge in [0.25, 0.3) is 0 Å². The second-order valence-electron chi connectivity index (χ2n) is 7.91. The summed E-state index contributed by atoms with van der Waals surface area (Å²) in [7, 11) is 0. The number of aromatic nitrogens is 1. The van der Waals surface area contributed by atoms with E-state index in [4.69, 9.17) is 9.47 Å². The zero-order chi connectivity index (χ0) is 25.0. The third-order valence-corrected chi connectivity index (χ3v) is 6.60. The van der Waals surface area contributed by atoms with Crippen LogP contribution in [0, 0.1) is 20.8 Å². The first-order valence-corrected chi connectivity index (χ1v) is 11.5. The molecule has 1 heterocycles. The normalized spacial score (nSPS) is 12.6. The molecule has 3 rings (SSSR count). The highest BCUT2D eigenvalue weighted by molar-refractivity contribution is 7.15. The number of hydrogen-bond donors (Lipinski definition) is 1. The number of nitrogens with zero attached hydrogens (tertiary/aromatic N) is 1. The molecule has 34 heavy (non-hydrogen) atoms. The van der Waals surface area contributed by atoms with Crippen molar-refractivity contribution in [1.29, 1.82) is 0 Å². The first-order valence-electron chi connectivity index (χ1n) is 10.7. The van der Waals surface area contributed by atoms with Gasteiger partial charge in [0.1, 0.15) is 17.4 Å². The second-order valence-corrected chi connectivity index (χ2v) is 9.00. The minimum atomic E-state index is -4.38. The minimum Gasteiger partial charge on any atom is -0.488 e. The molecule has 1 atom stereocenters. The fourth-order valence-electron chi connectivity index (χ4n) is 3.60. The van der Waals surface area contributed by atoms with E-state index in [9.17, 15) is 23.1 Å². The number of carbonyl (C=O) groups is 1. The van der Waals surface area contributed by atoms with Crippen LogP contribution in [0.1, 0.15) is 39.7 Å². The van der Waals surface area contributed by atoms with Gasteiger partial charge in [-0.1, -0.05) is 12.1 Å². The van der Waals surface area contributed by atoms with Crippen LogP contribution >= 0.6 is 11.3 Å². The molecule has 1 N–H and O–H groups in total. The van der Waals surface area contributed by atoms with Gasteiger partial charge in [-0.25, -0.2) is 9.78 Å². The van der Waals surface area contributed by atoms with Gasteiger partial charge >= 0.3 is 12.1 Å². The molecule has 0 fully saturated rings. The van der Waals surface area contributed by atoms with E-state index in [1.807, 2.05) is 32.9 Å². The fourth-order valence-corrected chi connectivity index (χ4v) is 4.58. The number of aryl methyl sites for hydroxylation is 3. The largest absolute Gasteiger partial charge is 0.488 e. The lowest BCUT2D eigenvalue weighted by Crippen LogP contribution is -2.27. The Morgan fingerprint density at radius 2 is 1.74 bits per heavy atom. The molecule has 0 aliphatic carbocycles. The van der Waals surface area contributed by atoms with Crippen molar-refractivity contribution in [2.24, 2.45) is 0 Å². The molecule has 9 heteroatoms. The van der Waals surface area contributed by atoms with Crippen LogP contribution in [0.25, 0.3) is 10.6 Å². The van der Waals surface area contributed by atoms with Crippen LogP contribution in [0.5, 0.6) is 5.75 Å². The number of ether oxygens (including phenoxy) is 2. The number of halogens is 3. The van der Waals surface area contributed by atoms with Crippen molar-refractivity contribution < 1.29 is 32.5 Å². The van der Waals surface area contributed by atoms with Crippen molar-refractivity contribution in [3.63, 3.8) is 0 Å². The van der Waals surface area contributed by atoms with E-state index in [0.717, 1.165) is 39.4 Å². The van der Waals surface area contributed by atoms with Crippen molar-refractivity contribution in [2.75, 3.05) is 6.61 Å². The molecule has 3 aromatic rings. The van der Waals surface area contributed by atoms with Crippen molar-refractivity contribution in [2.45, 2.75) is 53.0 Å². The van der Waals surface area contributed by atoms with Gasteiger partial charge in [0, 0.05) is 18.6 Å². The van der Waals surface area contributed by atoms with Crippen LogP contribution in [-0.4, -0.2) is 28.8 Å². The maximum absolute atomic E-state index is 12.8. The molecular formula is C25H26F3NO4S. The van der Waals surface area contributed by atoms with Crippen LogP contribution in [0.15, 0.2) is 36.4 Å². The third kappa shape index (κ3) is 6.15. The molecule has 0 amide bonds. The minimum absolute atomic E-state index is 0.263. The fraction of sp³-hybridized carbons (Fsp3) is 0.360. The molecule has 0 unspecified atom stereocenters. The molecular weight excluding hydrogens is 467 g/mol. The van der Waals surface area contributed by atoms with E-state index in [2.05, 4.69) is 4.98 Å². The van der Waals surface area contributed by atoms with Gasteiger partial charge in [0.15, 0.2) is 6.10 Å². The summed E-state index contributed by atoms with van der Waals surface area (Å²) >= 11 is 1.37. The summed E-state index contributed by atoms with van der Waals surface area (Å²) in [5, 5.41) is 10.00. The summed E-state index contributed by atoms with van der Waals surface area (Å²) in [5.74, 6) is -0.351. The van der Waals surface area contributed by atoms with E-state index in [0.29, 0.717) is 22.9 Å². The Labute approximate surface area is 200 Å². The molecule has 182 valence electrons. The van der Waals surface area contributed by atoms with Crippen LogP contribution in [0.3, 0.4) is 0 Å². The molecule has 0 radical (unpaired) electrons. The van der Waals surface area contributed by atoms with Gasteiger partial charge in [-0.05, 0) is 68.7 Å². The molecule has 0 bridgehead atoms. The Balaban J connectivity index is 1.72. The number of alkyl halides is 3. The summed E-state index contributed by atoms with van der Waals surface area (Å²) in [6.07, 6.45) is -5.01. The Kier molecular flexibility index (Phi) is 7.99. The highest BCUT2D eigenvalue weighted by atomic mass is 32.1. The van der Waals surface area contributed by atoms with E-state index in [1.165, 1.54) is 23.5 Å². The summed E-state index contributed by atoms with van der Waals surface area (Å²) < 4.78 is 49.7. The first kappa shape index (κ1) is 25.7. The van der Waals surface area contributed by atoms with Crippen molar-refractivity contribution >= 4 is 17.3 Å². The standard InChI is InChI=1S/C25H26F3NO4S/c1-5-32-21(24(30)31)12-20-14(2)10-19(11-15(20)3)33-13-22-16(4)29-23(34-22)17-6-8-18(9-7-17)25(26,27)28/h6-11,21H,5,12-13H2,1-4H3,(H,30,31)/t21-/m0/s1. The second kappa shape index (κ2) is 10.6. The monoisotopic (exact) mass is 493 g/mol. The van der Waals surface area contributed by atoms with Crippen LogP contribution in [0.4, 0.5) is 13.2 Å². The Morgan fingerprint density at radius 3 is 2.26 bits per heavy atom. The summed E-state index contributed by atoms with van der Waals surface area (Å²) in [6, 6.07) is 8.67. The van der Waals surface area contributed by atoms with E-state index < -0.39 is 23.8 Å². The van der Waals surface area contributed by atoms with Gasteiger partial charge in [0.05, 0.1) is 16.1 Å². The van der Waals surface area contributed by atoms with Crippen LogP contribution in [-0.2, 0) is 28.7 Å². The average Bonchev–Trinajstić information content (AvgIpc) is 3.14. The zero-order valence-electron chi connectivity index (χ0n) is 19.3. The van der Waals surface area contributed by atoms with Crippen LogP contribution < -0.4 is 4.74 Å². The lowest BCUT2D eigenvalue weighted by molar-refractivity contribution is -0.150. The zero-order valence-corrected chi connectivity index (χ0v) is 20.1. The van der Waals surface area contributed by atoms with Gasteiger partial charge < -0.3 is 14.6 Å². The topological polar surface area (TPSA) is 68.7 Å². The molecule has 0 saturated heterocycles. The summed E-state index contributed by atoms with van der Waals surface area (Å²) in [6.45, 7) is 7.98. The number of carboxylic acid groups (broad SMARTS) is 1. The Hall–Kier alpha value is -2.91. The lowest BCUT2D eigenvalue weighted by atomic mass is 9.97. The highest BCUT2D eigenvalue weighted by Crippen LogP contribution is 2.33. The van der Waals surface area contributed by atoms with Gasteiger partial charge in [-0.3, -0.25) is 0 Å². The molecule has 2 aromatic carbocycles. The molecule has 0 aliphatic rings.